The van der Waals surface area contributed by atoms with Crippen molar-refractivity contribution in [3.63, 3.8) is 0 Å². The first kappa shape index (κ1) is 18.3. The highest BCUT2D eigenvalue weighted by Crippen LogP contribution is 2.33. The van der Waals surface area contributed by atoms with Crippen LogP contribution < -0.4 is 9.64 Å². The van der Waals surface area contributed by atoms with E-state index in [0.29, 0.717) is 24.4 Å². The predicted octanol–water partition coefficient (Wildman–Crippen LogP) is 4.73. The number of halogens is 3. The molecule has 7 heteroatoms. The molecule has 4 nitrogen and oxygen atoms in total. The predicted molar refractivity (Wildman–Crippen MR) is 100 cm³/mol. The van der Waals surface area contributed by atoms with Gasteiger partial charge in [-0.25, -0.2) is 9.97 Å². The van der Waals surface area contributed by atoms with Crippen molar-refractivity contribution in [3.05, 3.63) is 71.4 Å². The van der Waals surface area contributed by atoms with Gasteiger partial charge in [-0.1, -0.05) is 36.4 Å². The fourth-order valence-corrected chi connectivity index (χ4v) is 3.32. The maximum atomic E-state index is 13.5. The topological polar surface area (TPSA) is 38.2 Å². The Hall–Kier alpha value is -3.09. The van der Waals surface area contributed by atoms with Crippen molar-refractivity contribution in [2.24, 2.45) is 0 Å². The van der Waals surface area contributed by atoms with Crippen LogP contribution in [0.25, 0.3) is 11.3 Å². The summed E-state index contributed by atoms with van der Waals surface area (Å²) in [5, 5.41) is 0. The lowest BCUT2D eigenvalue weighted by atomic mass is 10.0. The molecular formula is C21H18F3N3O. The zero-order valence-electron chi connectivity index (χ0n) is 15.2. The number of hydrogen-bond donors (Lipinski definition) is 0. The average Bonchev–Trinajstić information content (AvgIpc) is 2.72. The Balaban J connectivity index is 1.77. The molecule has 0 aliphatic carbocycles. The molecule has 0 radical (unpaired) electrons. The van der Waals surface area contributed by atoms with Crippen LogP contribution in [-0.4, -0.2) is 23.6 Å². The number of anilines is 1. The van der Waals surface area contributed by atoms with Crippen molar-refractivity contribution < 1.29 is 17.9 Å². The quantitative estimate of drug-likeness (QED) is 0.653. The van der Waals surface area contributed by atoms with Crippen molar-refractivity contribution in [1.82, 2.24) is 9.97 Å². The van der Waals surface area contributed by atoms with Crippen LogP contribution in [0.3, 0.4) is 0 Å². The summed E-state index contributed by atoms with van der Waals surface area (Å²) in [7, 11) is 1.51. The number of benzene rings is 2. The summed E-state index contributed by atoms with van der Waals surface area (Å²) in [6, 6.07) is 15.7. The van der Waals surface area contributed by atoms with Crippen LogP contribution >= 0.6 is 0 Å². The maximum Gasteiger partial charge on any atom is 0.433 e. The third-order valence-electron chi connectivity index (χ3n) is 4.78. The standard InChI is InChI=1S/C21H18F3N3O/c1-28-17-8-4-7-15(11-17)18-12-19(21(22,23)24)26-20(25-18)27-10-9-14-5-2-3-6-16(14)13-27/h2-8,11-12H,9-10,13H2,1H3. The molecule has 4 rings (SSSR count). The Morgan fingerprint density at radius 2 is 1.75 bits per heavy atom. The van der Waals surface area contributed by atoms with E-state index in [1.165, 1.54) is 12.7 Å². The Labute approximate surface area is 160 Å². The van der Waals surface area contributed by atoms with Crippen LogP contribution in [-0.2, 0) is 19.1 Å². The summed E-state index contributed by atoms with van der Waals surface area (Å²) in [5.41, 5.74) is 2.10. The van der Waals surface area contributed by atoms with Gasteiger partial charge in [-0.05, 0) is 35.7 Å². The Bertz CT molecular complexity index is 1000. The van der Waals surface area contributed by atoms with Gasteiger partial charge in [0.1, 0.15) is 5.75 Å². The number of ether oxygens (including phenoxy) is 1. The number of rotatable bonds is 3. The van der Waals surface area contributed by atoms with Gasteiger partial charge in [0.15, 0.2) is 5.69 Å². The number of aromatic nitrogens is 2. The van der Waals surface area contributed by atoms with Gasteiger partial charge in [-0.3, -0.25) is 0 Å². The van der Waals surface area contributed by atoms with Crippen molar-refractivity contribution in [2.45, 2.75) is 19.1 Å². The fraction of sp³-hybridized carbons (Fsp3) is 0.238. The molecule has 0 bridgehead atoms. The van der Waals surface area contributed by atoms with E-state index in [0.717, 1.165) is 18.1 Å². The number of methoxy groups -OCH3 is 1. The molecule has 0 unspecified atom stereocenters. The molecule has 0 spiro atoms. The summed E-state index contributed by atoms with van der Waals surface area (Å²) in [6.07, 6.45) is -3.82. The molecule has 3 aromatic rings. The highest BCUT2D eigenvalue weighted by Gasteiger charge is 2.34. The lowest BCUT2D eigenvalue weighted by molar-refractivity contribution is -0.141. The lowest BCUT2D eigenvalue weighted by Gasteiger charge is -2.29. The fourth-order valence-electron chi connectivity index (χ4n) is 3.32. The largest absolute Gasteiger partial charge is 0.497 e. The molecule has 0 N–H and O–H groups in total. The molecule has 1 aliphatic heterocycles. The van der Waals surface area contributed by atoms with Crippen molar-refractivity contribution in [1.29, 1.82) is 0 Å². The second-order valence-corrected chi connectivity index (χ2v) is 6.61. The Kier molecular flexibility index (Phi) is 4.66. The van der Waals surface area contributed by atoms with Crippen molar-refractivity contribution in [3.8, 4) is 17.0 Å². The van der Waals surface area contributed by atoms with Crippen LogP contribution in [0, 0.1) is 0 Å². The van der Waals surface area contributed by atoms with Gasteiger partial charge < -0.3 is 9.64 Å². The lowest BCUT2D eigenvalue weighted by Crippen LogP contribution is -2.32. The number of alkyl halides is 3. The van der Waals surface area contributed by atoms with Crippen LogP contribution in [0.5, 0.6) is 5.75 Å². The molecule has 0 fully saturated rings. The molecular weight excluding hydrogens is 367 g/mol. The minimum absolute atomic E-state index is 0.0853. The van der Waals surface area contributed by atoms with Crippen LogP contribution in [0.4, 0.5) is 19.1 Å². The van der Waals surface area contributed by atoms with E-state index in [9.17, 15) is 13.2 Å². The molecule has 0 saturated heterocycles. The number of fused-ring (bicyclic) bond motifs is 1. The molecule has 0 saturated carbocycles. The first-order chi connectivity index (χ1) is 13.4. The number of nitrogens with zero attached hydrogens (tertiary/aromatic N) is 3. The van der Waals surface area contributed by atoms with Crippen molar-refractivity contribution >= 4 is 5.95 Å². The normalized spacial score (nSPS) is 13.9. The minimum Gasteiger partial charge on any atom is -0.497 e. The van der Waals surface area contributed by atoms with Crippen LogP contribution in [0.15, 0.2) is 54.6 Å². The summed E-state index contributed by atoms with van der Waals surface area (Å²) < 4.78 is 45.6. The second-order valence-electron chi connectivity index (χ2n) is 6.61. The van der Waals surface area contributed by atoms with E-state index in [1.807, 2.05) is 24.3 Å². The van der Waals surface area contributed by atoms with Gasteiger partial charge in [-0.2, -0.15) is 13.2 Å². The smallest absolute Gasteiger partial charge is 0.433 e. The van der Waals surface area contributed by atoms with Gasteiger partial charge in [-0.15, -0.1) is 0 Å². The molecule has 0 atom stereocenters. The van der Waals surface area contributed by atoms with E-state index in [2.05, 4.69) is 9.97 Å². The maximum absolute atomic E-state index is 13.5. The van der Waals surface area contributed by atoms with Gasteiger partial charge >= 0.3 is 6.18 Å². The first-order valence-electron chi connectivity index (χ1n) is 8.86. The molecule has 1 aromatic heterocycles. The average molecular weight is 385 g/mol. The van der Waals surface area contributed by atoms with Crippen LogP contribution in [0.2, 0.25) is 0 Å². The van der Waals surface area contributed by atoms with E-state index in [4.69, 9.17) is 4.74 Å². The third kappa shape index (κ3) is 3.65. The van der Waals surface area contributed by atoms with E-state index >= 15 is 0 Å². The zero-order valence-corrected chi connectivity index (χ0v) is 15.2. The molecule has 2 aromatic carbocycles. The van der Waals surface area contributed by atoms with Crippen molar-refractivity contribution in [2.75, 3.05) is 18.6 Å². The third-order valence-corrected chi connectivity index (χ3v) is 4.78. The highest BCUT2D eigenvalue weighted by molar-refractivity contribution is 5.63. The summed E-state index contributed by atoms with van der Waals surface area (Å²) in [6.45, 7) is 1.05. The van der Waals surface area contributed by atoms with Gasteiger partial charge in [0.2, 0.25) is 5.95 Å². The zero-order chi connectivity index (χ0) is 19.7. The molecule has 2 heterocycles. The van der Waals surface area contributed by atoms with Gasteiger partial charge in [0.25, 0.3) is 0 Å². The van der Waals surface area contributed by atoms with Gasteiger partial charge in [0.05, 0.1) is 12.8 Å². The second kappa shape index (κ2) is 7.14. The molecule has 144 valence electrons. The number of hydrogen-bond acceptors (Lipinski definition) is 4. The minimum atomic E-state index is -4.56. The van der Waals surface area contributed by atoms with E-state index in [-0.39, 0.29) is 11.6 Å². The van der Waals surface area contributed by atoms with E-state index < -0.39 is 11.9 Å². The van der Waals surface area contributed by atoms with Gasteiger partial charge in [0, 0.05) is 18.7 Å². The van der Waals surface area contributed by atoms with Crippen LogP contribution in [0.1, 0.15) is 16.8 Å². The molecule has 0 amide bonds. The van der Waals surface area contributed by atoms with E-state index in [1.54, 1.807) is 29.2 Å². The highest BCUT2D eigenvalue weighted by atomic mass is 19.4. The Morgan fingerprint density at radius 3 is 2.50 bits per heavy atom. The summed E-state index contributed by atoms with van der Waals surface area (Å²) in [4.78, 5) is 10.1. The summed E-state index contributed by atoms with van der Waals surface area (Å²) >= 11 is 0. The SMILES string of the molecule is COc1cccc(-c2cc(C(F)(F)F)nc(N3CCc4ccccc4C3)n2)c1. The monoisotopic (exact) mass is 385 g/mol. The molecule has 28 heavy (non-hydrogen) atoms. The Morgan fingerprint density at radius 1 is 0.964 bits per heavy atom. The summed E-state index contributed by atoms with van der Waals surface area (Å²) in [5.74, 6) is 0.639. The molecule has 1 aliphatic rings. The first-order valence-corrected chi connectivity index (χ1v) is 8.86.